The highest BCUT2D eigenvalue weighted by molar-refractivity contribution is 7.89. The van der Waals surface area contributed by atoms with Crippen molar-refractivity contribution in [1.29, 1.82) is 0 Å². The van der Waals surface area contributed by atoms with Gasteiger partial charge in [-0.25, -0.2) is 8.42 Å². The van der Waals surface area contributed by atoms with E-state index in [2.05, 4.69) is 10.1 Å². The molecule has 0 saturated carbocycles. The van der Waals surface area contributed by atoms with Crippen LogP contribution in [-0.2, 0) is 15.6 Å². The maximum atomic E-state index is 11.1. The molecule has 0 amide bonds. The summed E-state index contributed by atoms with van der Waals surface area (Å²) in [6.45, 7) is 0. The summed E-state index contributed by atoms with van der Waals surface area (Å²) in [5, 5.41) is 4.07. The van der Waals surface area contributed by atoms with E-state index in [-0.39, 0.29) is 17.5 Å². The summed E-state index contributed by atoms with van der Waals surface area (Å²) in [5.41, 5.74) is 6.60. The van der Waals surface area contributed by atoms with E-state index in [0.29, 0.717) is 10.6 Å². The predicted molar refractivity (Wildman–Crippen MR) is 70.3 cm³/mol. The molecule has 1 aromatic heterocycles. The molecule has 1 aromatic carbocycles. The lowest BCUT2D eigenvalue weighted by Gasteiger charge is -2.08. The van der Waals surface area contributed by atoms with Crippen LogP contribution in [0.3, 0.4) is 0 Å². The highest BCUT2D eigenvalue weighted by Crippen LogP contribution is 2.25. The van der Waals surface area contributed by atoms with Crippen LogP contribution in [0.1, 0.15) is 23.3 Å². The molecule has 0 aliphatic carbocycles. The number of sulfone groups is 1. The molecule has 0 aliphatic rings. The Bertz CT molecular complexity index is 684. The Labute approximate surface area is 115 Å². The van der Waals surface area contributed by atoms with Crippen LogP contribution in [0.5, 0.6) is 0 Å². The Kier molecular flexibility index (Phi) is 3.88. The monoisotopic (exact) mass is 301 g/mol. The molecule has 0 bridgehead atoms. The first kappa shape index (κ1) is 14.0. The number of halogens is 1. The number of nitrogens with two attached hydrogens (primary N) is 1. The fourth-order valence-corrected chi connectivity index (χ4v) is 2.39. The smallest absolute Gasteiger partial charge is 0.248 e. The summed E-state index contributed by atoms with van der Waals surface area (Å²) in [4.78, 5) is 3.97. The molecule has 1 atom stereocenters. The fourth-order valence-electron chi connectivity index (χ4n) is 1.55. The van der Waals surface area contributed by atoms with Crippen LogP contribution >= 0.6 is 11.6 Å². The van der Waals surface area contributed by atoms with Gasteiger partial charge < -0.3 is 10.3 Å². The molecule has 2 rings (SSSR count). The minimum Gasteiger partial charge on any atom is -0.337 e. The maximum absolute atomic E-state index is 11.1. The SMILES string of the molecule is CS(=O)(=O)Cc1noc([C@H](N)c2ccccc2Cl)n1. The fraction of sp³-hybridized carbons (Fsp3) is 0.273. The topological polar surface area (TPSA) is 99.1 Å². The minimum atomic E-state index is -3.21. The number of nitrogens with zero attached hydrogens (tertiary/aromatic N) is 2. The molecule has 1 heterocycles. The van der Waals surface area contributed by atoms with Crippen LogP contribution in [0.2, 0.25) is 5.02 Å². The van der Waals surface area contributed by atoms with Crippen molar-refractivity contribution in [2.24, 2.45) is 5.73 Å². The summed E-state index contributed by atoms with van der Waals surface area (Å²) < 4.78 is 27.2. The Balaban J connectivity index is 2.26. The molecule has 0 unspecified atom stereocenters. The Morgan fingerprint density at radius 2 is 2.11 bits per heavy atom. The van der Waals surface area contributed by atoms with Crippen molar-refractivity contribution in [2.75, 3.05) is 6.26 Å². The Morgan fingerprint density at radius 1 is 1.42 bits per heavy atom. The van der Waals surface area contributed by atoms with Gasteiger partial charge in [0.1, 0.15) is 11.8 Å². The number of hydrogen-bond donors (Lipinski definition) is 1. The Morgan fingerprint density at radius 3 is 2.74 bits per heavy atom. The van der Waals surface area contributed by atoms with E-state index in [0.717, 1.165) is 6.26 Å². The van der Waals surface area contributed by atoms with Crippen LogP contribution in [-0.4, -0.2) is 24.8 Å². The van der Waals surface area contributed by atoms with Gasteiger partial charge in [-0.1, -0.05) is 35.0 Å². The van der Waals surface area contributed by atoms with E-state index in [4.69, 9.17) is 21.9 Å². The molecule has 0 radical (unpaired) electrons. The van der Waals surface area contributed by atoms with E-state index in [1.54, 1.807) is 24.3 Å². The first-order valence-corrected chi connectivity index (χ1v) is 7.81. The molecule has 6 nitrogen and oxygen atoms in total. The van der Waals surface area contributed by atoms with E-state index >= 15 is 0 Å². The van der Waals surface area contributed by atoms with Crippen molar-refractivity contribution in [2.45, 2.75) is 11.8 Å². The van der Waals surface area contributed by atoms with Gasteiger partial charge in [0, 0.05) is 11.3 Å². The van der Waals surface area contributed by atoms with Crippen LogP contribution < -0.4 is 5.73 Å². The highest BCUT2D eigenvalue weighted by atomic mass is 35.5. The van der Waals surface area contributed by atoms with Crippen LogP contribution in [0, 0.1) is 0 Å². The second kappa shape index (κ2) is 5.28. The van der Waals surface area contributed by atoms with Crippen molar-refractivity contribution >= 4 is 21.4 Å². The largest absolute Gasteiger partial charge is 0.337 e. The summed E-state index contributed by atoms with van der Waals surface area (Å²) in [5.74, 6) is -0.0714. The van der Waals surface area contributed by atoms with Gasteiger partial charge in [-0.3, -0.25) is 0 Å². The number of aromatic nitrogens is 2. The maximum Gasteiger partial charge on any atom is 0.248 e. The zero-order valence-corrected chi connectivity index (χ0v) is 11.6. The molecule has 19 heavy (non-hydrogen) atoms. The summed E-state index contributed by atoms with van der Waals surface area (Å²) in [6.07, 6.45) is 1.09. The molecule has 0 fully saturated rings. The van der Waals surface area contributed by atoms with Gasteiger partial charge in [0.15, 0.2) is 15.7 Å². The first-order valence-electron chi connectivity index (χ1n) is 5.37. The number of benzene rings is 1. The Hall–Kier alpha value is -1.44. The van der Waals surface area contributed by atoms with E-state index in [1.807, 2.05) is 0 Å². The highest BCUT2D eigenvalue weighted by Gasteiger charge is 2.20. The third-order valence-corrected chi connectivity index (χ3v) is 3.51. The molecule has 0 saturated heterocycles. The van der Waals surface area contributed by atoms with Crippen LogP contribution in [0.15, 0.2) is 28.8 Å². The number of hydrogen-bond acceptors (Lipinski definition) is 6. The summed E-state index contributed by atoms with van der Waals surface area (Å²) in [7, 11) is -3.21. The zero-order valence-electron chi connectivity index (χ0n) is 10.1. The molecular formula is C11H12ClN3O3S. The quantitative estimate of drug-likeness (QED) is 0.914. The second-order valence-corrected chi connectivity index (χ2v) is 6.67. The normalized spacial score (nSPS) is 13.4. The second-order valence-electron chi connectivity index (χ2n) is 4.12. The minimum absolute atomic E-state index is 0.0833. The molecule has 2 N–H and O–H groups in total. The number of rotatable bonds is 4. The molecule has 102 valence electrons. The third-order valence-electron chi connectivity index (χ3n) is 2.38. The molecule has 8 heteroatoms. The zero-order chi connectivity index (χ0) is 14.0. The predicted octanol–water partition coefficient (Wildman–Crippen LogP) is 1.32. The van der Waals surface area contributed by atoms with Crippen molar-refractivity contribution < 1.29 is 12.9 Å². The van der Waals surface area contributed by atoms with Crippen molar-refractivity contribution in [3.8, 4) is 0 Å². The molecular weight excluding hydrogens is 290 g/mol. The van der Waals surface area contributed by atoms with Gasteiger partial charge in [-0.05, 0) is 11.6 Å². The molecule has 0 aliphatic heterocycles. The van der Waals surface area contributed by atoms with E-state index < -0.39 is 15.9 Å². The van der Waals surface area contributed by atoms with Gasteiger partial charge in [0.05, 0.1) is 0 Å². The van der Waals surface area contributed by atoms with E-state index in [1.165, 1.54) is 0 Å². The molecule has 0 spiro atoms. The lowest BCUT2D eigenvalue weighted by atomic mass is 10.1. The van der Waals surface area contributed by atoms with Crippen molar-refractivity contribution in [1.82, 2.24) is 10.1 Å². The van der Waals surface area contributed by atoms with Crippen LogP contribution in [0.4, 0.5) is 0 Å². The van der Waals surface area contributed by atoms with Gasteiger partial charge in [0.2, 0.25) is 5.89 Å². The average molecular weight is 302 g/mol. The summed E-state index contributed by atoms with van der Waals surface area (Å²) >= 11 is 6.02. The van der Waals surface area contributed by atoms with Crippen LogP contribution in [0.25, 0.3) is 0 Å². The van der Waals surface area contributed by atoms with Gasteiger partial charge in [-0.2, -0.15) is 4.98 Å². The van der Waals surface area contributed by atoms with Gasteiger partial charge in [0.25, 0.3) is 0 Å². The first-order chi connectivity index (χ1) is 8.87. The lowest BCUT2D eigenvalue weighted by molar-refractivity contribution is 0.363. The molecule has 2 aromatic rings. The van der Waals surface area contributed by atoms with Gasteiger partial charge >= 0.3 is 0 Å². The lowest BCUT2D eigenvalue weighted by Crippen LogP contribution is -2.13. The average Bonchev–Trinajstić information content (AvgIpc) is 2.75. The summed E-state index contributed by atoms with van der Waals surface area (Å²) in [6, 6.07) is 6.32. The van der Waals surface area contributed by atoms with Gasteiger partial charge in [-0.15, -0.1) is 0 Å². The third kappa shape index (κ3) is 3.52. The van der Waals surface area contributed by atoms with Crippen molar-refractivity contribution in [3.63, 3.8) is 0 Å². The standard InChI is InChI=1S/C11H12ClN3O3S/c1-19(16,17)6-9-14-11(18-15-9)10(13)7-4-2-3-5-8(7)12/h2-5,10H,6,13H2,1H3/t10-/m1/s1. The van der Waals surface area contributed by atoms with Crippen molar-refractivity contribution in [3.05, 3.63) is 46.6 Å². The van der Waals surface area contributed by atoms with E-state index in [9.17, 15) is 8.42 Å².